The second-order valence-corrected chi connectivity index (χ2v) is 7.35. The molecule has 0 radical (unpaired) electrons. The molecule has 0 spiro atoms. The Balaban J connectivity index is 2.24. The summed E-state index contributed by atoms with van der Waals surface area (Å²) >= 11 is 1.67. The quantitative estimate of drug-likeness (QED) is 0.895. The molecule has 0 aliphatic carbocycles. The van der Waals surface area contributed by atoms with Crippen LogP contribution in [0.15, 0.2) is 6.07 Å². The number of thiophene rings is 1. The van der Waals surface area contributed by atoms with Gasteiger partial charge in [0.05, 0.1) is 12.0 Å². The number of fused-ring (bicyclic) bond motifs is 1. The van der Waals surface area contributed by atoms with Crippen LogP contribution >= 0.6 is 11.3 Å². The van der Waals surface area contributed by atoms with E-state index in [1.165, 1.54) is 4.88 Å². The molecule has 20 heavy (non-hydrogen) atoms. The molecule has 0 saturated heterocycles. The normalized spacial score (nSPS) is 11.8. The first-order valence-corrected chi connectivity index (χ1v) is 7.85. The molecule has 0 unspecified atom stereocenters. The topological polar surface area (TPSA) is 47.0 Å². The summed E-state index contributed by atoms with van der Waals surface area (Å²) in [6.45, 7) is 12.2. The summed E-state index contributed by atoms with van der Waals surface area (Å²) in [5, 5.41) is 4.18. The third-order valence-electron chi connectivity index (χ3n) is 2.91. The molecule has 0 atom stereocenters. The van der Waals surface area contributed by atoms with Crippen LogP contribution < -0.4 is 10.1 Å². The van der Waals surface area contributed by atoms with Gasteiger partial charge in [0.2, 0.25) is 11.8 Å². The maximum absolute atomic E-state index is 5.91. The minimum absolute atomic E-state index is 0.265. The van der Waals surface area contributed by atoms with Gasteiger partial charge in [0.1, 0.15) is 4.83 Å². The van der Waals surface area contributed by atoms with Crippen molar-refractivity contribution in [2.75, 3.05) is 18.5 Å². The Kier molecular flexibility index (Phi) is 4.48. The van der Waals surface area contributed by atoms with E-state index in [1.54, 1.807) is 11.3 Å². The van der Waals surface area contributed by atoms with E-state index in [0.29, 0.717) is 18.4 Å². The van der Waals surface area contributed by atoms with Crippen molar-refractivity contribution >= 4 is 27.5 Å². The minimum atomic E-state index is 0.265. The fourth-order valence-electron chi connectivity index (χ4n) is 1.82. The number of hydrogen-bond acceptors (Lipinski definition) is 5. The molecular weight excluding hydrogens is 270 g/mol. The fraction of sp³-hybridized carbons (Fsp3) is 0.600. The standard InChI is InChI=1S/C15H23N3OS/c1-6-16-14-17-12(19-8-7-15(3,4)5)11-9-10(2)20-13(11)18-14/h9H,6-8H2,1-5H3,(H,16,17,18). The van der Waals surface area contributed by atoms with Crippen molar-refractivity contribution in [2.24, 2.45) is 5.41 Å². The number of ether oxygens (including phenoxy) is 1. The highest BCUT2D eigenvalue weighted by Crippen LogP contribution is 2.31. The summed E-state index contributed by atoms with van der Waals surface area (Å²) in [7, 11) is 0. The molecule has 0 aromatic carbocycles. The Hall–Kier alpha value is -1.36. The third-order valence-corrected chi connectivity index (χ3v) is 3.85. The Labute approximate surface area is 124 Å². The molecule has 2 rings (SSSR count). The Bertz CT molecular complexity index is 587. The van der Waals surface area contributed by atoms with Crippen molar-refractivity contribution in [3.63, 3.8) is 0 Å². The molecule has 4 nitrogen and oxygen atoms in total. The largest absolute Gasteiger partial charge is 0.477 e. The number of rotatable bonds is 5. The summed E-state index contributed by atoms with van der Waals surface area (Å²) in [4.78, 5) is 11.2. The number of nitrogens with zero attached hydrogens (tertiary/aromatic N) is 2. The van der Waals surface area contributed by atoms with Crippen LogP contribution in [-0.2, 0) is 0 Å². The fourth-order valence-corrected chi connectivity index (χ4v) is 2.69. The van der Waals surface area contributed by atoms with Crippen LogP contribution in [0, 0.1) is 12.3 Å². The van der Waals surface area contributed by atoms with Gasteiger partial charge in [-0.1, -0.05) is 20.8 Å². The Morgan fingerprint density at radius 3 is 2.70 bits per heavy atom. The molecule has 110 valence electrons. The first-order chi connectivity index (χ1) is 9.39. The molecule has 0 aliphatic rings. The highest BCUT2D eigenvalue weighted by Gasteiger charge is 2.14. The highest BCUT2D eigenvalue weighted by molar-refractivity contribution is 7.18. The highest BCUT2D eigenvalue weighted by atomic mass is 32.1. The Morgan fingerprint density at radius 1 is 1.30 bits per heavy atom. The van der Waals surface area contributed by atoms with Gasteiger partial charge in [-0.25, -0.2) is 4.98 Å². The molecule has 2 aromatic heterocycles. The second-order valence-electron chi connectivity index (χ2n) is 6.12. The number of hydrogen-bond donors (Lipinski definition) is 1. The van der Waals surface area contributed by atoms with Crippen LogP contribution in [0.5, 0.6) is 5.88 Å². The van der Waals surface area contributed by atoms with E-state index in [2.05, 4.69) is 49.0 Å². The number of aromatic nitrogens is 2. The van der Waals surface area contributed by atoms with Crippen LogP contribution in [-0.4, -0.2) is 23.1 Å². The van der Waals surface area contributed by atoms with Crippen LogP contribution in [0.3, 0.4) is 0 Å². The lowest BCUT2D eigenvalue weighted by atomic mass is 9.93. The van der Waals surface area contributed by atoms with Crippen LogP contribution in [0.1, 0.15) is 39.0 Å². The lowest BCUT2D eigenvalue weighted by Gasteiger charge is -2.18. The zero-order valence-corrected chi connectivity index (χ0v) is 13.7. The van der Waals surface area contributed by atoms with Gasteiger partial charge in [0.25, 0.3) is 0 Å². The minimum Gasteiger partial charge on any atom is -0.477 e. The molecule has 0 saturated carbocycles. The van der Waals surface area contributed by atoms with Gasteiger partial charge >= 0.3 is 0 Å². The molecule has 0 bridgehead atoms. The van der Waals surface area contributed by atoms with Gasteiger partial charge in [-0.3, -0.25) is 0 Å². The number of anilines is 1. The lowest BCUT2D eigenvalue weighted by Crippen LogP contribution is -2.12. The van der Waals surface area contributed by atoms with Crippen LogP contribution in [0.25, 0.3) is 10.2 Å². The third kappa shape index (κ3) is 3.82. The van der Waals surface area contributed by atoms with Crippen molar-refractivity contribution in [1.29, 1.82) is 0 Å². The van der Waals surface area contributed by atoms with E-state index < -0.39 is 0 Å². The Morgan fingerprint density at radius 2 is 2.05 bits per heavy atom. The van der Waals surface area contributed by atoms with E-state index >= 15 is 0 Å². The predicted octanol–water partition coefficient (Wildman–Crippen LogP) is 4.25. The SMILES string of the molecule is CCNc1nc(OCCC(C)(C)C)c2cc(C)sc2n1. The number of aryl methyl sites for hydroxylation is 1. The average molecular weight is 293 g/mol. The van der Waals surface area contributed by atoms with Crippen LogP contribution in [0.4, 0.5) is 5.95 Å². The zero-order chi connectivity index (χ0) is 14.8. The predicted molar refractivity (Wildman–Crippen MR) is 85.9 cm³/mol. The summed E-state index contributed by atoms with van der Waals surface area (Å²) in [6.07, 6.45) is 0.998. The molecule has 1 N–H and O–H groups in total. The molecule has 2 heterocycles. The van der Waals surface area contributed by atoms with Gasteiger partial charge in [-0.15, -0.1) is 11.3 Å². The van der Waals surface area contributed by atoms with Crippen molar-refractivity contribution in [1.82, 2.24) is 9.97 Å². The van der Waals surface area contributed by atoms with Crippen molar-refractivity contribution in [3.8, 4) is 5.88 Å². The summed E-state index contributed by atoms with van der Waals surface area (Å²) in [6, 6.07) is 2.10. The molecular formula is C15H23N3OS. The van der Waals surface area contributed by atoms with E-state index in [1.807, 2.05) is 6.92 Å². The smallest absolute Gasteiger partial charge is 0.227 e. The molecule has 2 aromatic rings. The van der Waals surface area contributed by atoms with Crippen molar-refractivity contribution in [2.45, 2.75) is 41.0 Å². The van der Waals surface area contributed by atoms with E-state index in [-0.39, 0.29) is 5.41 Å². The van der Waals surface area contributed by atoms with Gasteiger partial charge in [-0.05, 0) is 31.7 Å². The van der Waals surface area contributed by atoms with Crippen molar-refractivity contribution < 1.29 is 4.74 Å². The van der Waals surface area contributed by atoms with Crippen LogP contribution in [0.2, 0.25) is 0 Å². The summed E-state index contributed by atoms with van der Waals surface area (Å²) in [5.74, 6) is 1.34. The first-order valence-electron chi connectivity index (χ1n) is 7.04. The van der Waals surface area contributed by atoms with E-state index in [0.717, 1.165) is 23.2 Å². The van der Waals surface area contributed by atoms with Crippen molar-refractivity contribution in [3.05, 3.63) is 10.9 Å². The second kappa shape index (κ2) is 5.95. The summed E-state index contributed by atoms with van der Waals surface area (Å²) < 4.78 is 5.91. The monoisotopic (exact) mass is 293 g/mol. The maximum Gasteiger partial charge on any atom is 0.227 e. The van der Waals surface area contributed by atoms with Gasteiger partial charge in [0.15, 0.2) is 0 Å². The van der Waals surface area contributed by atoms with E-state index in [4.69, 9.17) is 4.74 Å². The van der Waals surface area contributed by atoms with E-state index in [9.17, 15) is 0 Å². The zero-order valence-electron chi connectivity index (χ0n) is 12.9. The first kappa shape index (κ1) is 15.0. The maximum atomic E-state index is 5.91. The lowest BCUT2D eigenvalue weighted by molar-refractivity contribution is 0.239. The molecule has 0 aliphatic heterocycles. The number of nitrogens with one attached hydrogen (secondary N) is 1. The average Bonchev–Trinajstić information content (AvgIpc) is 2.68. The molecule has 5 heteroatoms. The molecule has 0 fully saturated rings. The summed E-state index contributed by atoms with van der Waals surface area (Å²) in [5.41, 5.74) is 0.265. The molecule has 0 amide bonds. The van der Waals surface area contributed by atoms with Gasteiger partial charge < -0.3 is 10.1 Å². The van der Waals surface area contributed by atoms with Gasteiger partial charge in [-0.2, -0.15) is 4.98 Å². The van der Waals surface area contributed by atoms with Gasteiger partial charge in [0, 0.05) is 11.4 Å².